The summed E-state index contributed by atoms with van der Waals surface area (Å²) in [6.07, 6.45) is 1.42. The lowest BCUT2D eigenvalue weighted by molar-refractivity contribution is -0.0514. The van der Waals surface area contributed by atoms with Crippen LogP contribution in [-0.4, -0.2) is 76.0 Å². The number of hydrogen-bond donors (Lipinski definition) is 1. The van der Waals surface area contributed by atoms with Gasteiger partial charge in [0.25, 0.3) is 5.91 Å². The molecule has 1 aromatic heterocycles. The van der Waals surface area contributed by atoms with Gasteiger partial charge in [-0.15, -0.1) is 0 Å². The average molecular weight is 426 g/mol. The van der Waals surface area contributed by atoms with Gasteiger partial charge in [0.2, 0.25) is 5.88 Å². The van der Waals surface area contributed by atoms with E-state index in [0.717, 1.165) is 18.8 Å². The summed E-state index contributed by atoms with van der Waals surface area (Å²) in [6.45, 7) is 6.45. The zero-order valence-corrected chi connectivity index (χ0v) is 18.0. The predicted molar refractivity (Wildman–Crippen MR) is 110 cm³/mol. The molecule has 0 saturated carbocycles. The highest BCUT2D eigenvalue weighted by molar-refractivity contribution is 5.93. The van der Waals surface area contributed by atoms with Crippen LogP contribution >= 0.6 is 0 Å². The lowest BCUT2D eigenvalue weighted by Crippen LogP contribution is -2.52. The highest BCUT2D eigenvalue weighted by Gasteiger charge is 2.32. The first kappa shape index (κ1) is 22.7. The summed E-state index contributed by atoms with van der Waals surface area (Å²) in [6, 6.07) is 3.55. The molecule has 0 aromatic carbocycles. The van der Waals surface area contributed by atoms with E-state index in [-0.39, 0.29) is 24.3 Å². The summed E-state index contributed by atoms with van der Waals surface area (Å²) in [5.41, 5.74) is 0.462. The number of carbonyl (C=O) groups excluding carboxylic acids is 1. The lowest BCUT2D eigenvalue weighted by atomic mass is 9.93. The molecule has 2 aliphatic heterocycles. The summed E-state index contributed by atoms with van der Waals surface area (Å²) in [4.78, 5) is 19.6. The van der Waals surface area contributed by atoms with Crippen molar-refractivity contribution in [1.29, 1.82) is 0 Å². The number of carbonyl (C=O) groups is 1. The quantitative estimate of drug-likeness (QED) is 0.550. The Morgan fingerprint density at radius 2 is 2.07 bits per heavy atom. The van der Waals surface area contributed by atoms with Crippen molar-refractivity contribution in [2.45, 2.75) is 38.3 Å². The van der Waals surface area contributed by atoms with Gasteiger partial charge >= 0.3 is 0 Å². The van der Waals surface area contributed by atoms with Crippen molar-refractivity contribution in [3.05, 3.63) is 17.8 Å². The summed E-state index contributed by atoms with van der Waals surface area (Å²) < 4.78 is 34.0. The van der Waals surface area contributed by atoms with E-state index in [9.17, 15) is 9.18 Å². The predicted octanol–water partition coefficient (Wildman–Crippen LogP) is 2.17. The molecule has 0 bridgehead atoms. The van der Waals surface area contributed by atoms with Crippen LogP contribution in [0.3, 0.4) is 0 Å². The third kappa shape index (κ3) is 5.19. The van der Waals surface area contributed by atoms with Gasteiger partial charge in [0.15, 0.2) is 6.86 Å². The lowest BCUT2D eigenvalue weighted by Gasteiger charge is -2.40. The maximum Gasteiger partial charge on any atom is 0.270 e. The molecule has 0 spiro atoms. The first-order valence-electron chi connectivity index (χ1n) is 10.5. The highest BCUT2D eigenvalue weighted by atomic mass is 19.1. The Morgan fingerprint density at radius 1 is 1.33 bits per heavy atom. The van der Waals surface area contributed by atoms with Gasteiger partial charge in [0.1, 0.15) is 11.4 Å². The Bertz CT molecular complexity index is 706. The van der Waals surface area contributed by atoms with E-state index in [1.54, 1.807) is 13.2 Å². The number of anilines is 1. The fourth-order valence-electron chi connectivity index (χ4n) is 3.47. The molecule has 1 aromatic rings. The molecule has 2 aliphatic rings. The van der Waals surface area contributed by atoms with Crippen LogP contribution in [0.15, 0.2) is 12.1 Å². The second-order valence-electron chi connectivity index (χ2n) is 7.90. The van der Waals surface area contributed by atoms with Crippen molar-refractivity contribution in [2.75, 3.05) is 58.4 Å². The van der Waals surface area contributed by atoms with E-state index in [1.165, 1.54) is 0 Å². The Kier molecular flexibility index (Phi) is 7.85. The molecule has 8 nitrogen and oxygen atoms in total. The van der Waals surface area contributed by atoms with Crippen molar-refractivity contribution in [2.24, 2.45) is 5.92 Å². The third-order valence-electron chi connectivity index (χ3n) is 5.95. The van der Waals surface area contributed by atoms with Crippen LogP contribution in [0.25, 0.3) is 0 Å². The SMILES string of the molecule is CCC(CC)(COCF)NC(=O)c1ccc(N2CC(OC)C2)c(OCC2COC2)n1. The maximum atomic E-state index is 12.9. The summed E-state index contributed by atoms with van der Waals surface area (Å²) in [5.74, 6) is 0.441. The van der Waals surface area contributed by atoms with Crippen molar-refractivity contribution in [3.63, 3.8) is 0 Å². The number of ether oxygens (including phenoxy) is 4. The molecular weight excluding hydrogens is 393 g/mol. The topological polar surface area (TPSA) is 82.2 Å². The molecule has 30 heavy (non-hydrogen) atoms. The van der Waals surface area contributed by atoms with Crippen LogP contribution in [0.5, 0.6) is 5.88 Å². The molecule has 0 radical (unpaired) electrons. The Balaban J connectivity index is 1.75. The van der Waals surface area contributed by atoms with E-state index in [1.807, 2.05) is 19.9 Å². The molecule has 3 rings (SSSR count). The van der Waals surface area contributed by atoms with Gasteiger partial charge in [-0.3, -0.25) is 4.79 Å². The normalized spacial score (nSPS) is 17.4. The Morgan fingerprint density at radius 3 is 2.63 bits per heavy atom. The van der Waals surface area contributed by atoms with E-state index in [0.29, 0.717) is 44.5 Å². The molecule has 3 heterocycles. The minimum Gasteiger partial charge on any atom is -0.476 e. The largest absolute Gasteiger partial charge is 0.476 e. The van der Waals surface area contributed by atoms with Gasteiger partial charge in [-0.05, 0) is 25.0 Å². The van der Waals surface area contributed by atoms with Crippen LogP contribution in [0, 0.1) is 5.92 Å². The van der Waals surface area contributed by atoms with E-state index < -0.39 is 12.4 Å². The number of amides is 1. The fourth-order valence-corrected chi connectivity index (χ4v) is 3.47. The van der Waals surface area contributed by atoms with Crippen LogP contribution in [0.2, 0.25) is 0 Å². The molecule has 0 atom stereocenters. The van der Waals surface area contributed by atoms with Crippen LogP contribution in [-0.2, 0) is 14.2 Å². The molecule has 0 aliphatic carbocycles. The van der Waals surface area contributed by atoms with Crippen LogP contribution in [0.4, 0.5) is 10.1 Å². The van der Waals surface area contributed by atoms with Gasteiger partial charge in [0.05, 0.1) is 38.1 Å². The fraction of sp³-hybridized carbons (Fsp3) is 0.714. The number of hydrogen-bond acceptors (Lipinski definition) is 7. The van der Waals surface area contributed by atoms with E-state index in [2.05, 4.69) is 15.2 Å². The summed E-state index contributed by atoms with van der Waals surface area (Å²) in [5, 5.41) is 2.99. The average Bonchev–Trinajstić information content (AvgIpc) is 2.70. The summed E-state index contributed by atoms with van der Waals surface area (Å²) >= 11 is 0. The number of nitrogens with one attached hydrogen (secondary N) is 1. The minimum absolute atomic E-state index is 0.109. The van der Waals surface area contributed by atoms with Crippen molar-refractivity contribution in [1.82, 2.24) is 10.3 Å². The smallest absolute Gasteiger partial charge is 0.270 e. The maximum absolute atomic E-state index is 12.9. The molecule has 1 N–H and O–H groups in total. The monoisotopic (exact) mass is 425 g/mol. The Labute approximate surface area is 177 Å². The first-order chi connectivity index (χ1) is 14.5. The van der Waals surface area contributed by atoms with Gasteiger partial charge in [0, 0.05) is 26.1 Å². The second-order valence-corrected chi connectivity index (χ2v) is 7.90. The number of pyridine rings is 1. The highest BCUT2D eigenvalue weighted by Crippen LogP contribution is 2.32. The van der Waals surface area contributed by atoms with Crippen LogP contribution in [0.1, 0.15) is 37.2 Å². The molecule has 2 saturated heterocycles. The number of halogens is 1. The number of nitrogens with zero attached hydrogens (tertiary/aromatic N) is 2. The van der Waals surface area contributed by atoms with Gasteiger partial charge in [-0.2, -0.15) is 0 Å². The minimum atomic E-state index is -0.883. The number of aromatic nitrogens is 1. The zero-order valence-electron chi connectivity index (χ0n) is 18.0. The molecule has 2 fully saturated rings. The van der Waals surface area contributed by atoms with E-state index >= 15 is 0 Å². The Hall–Kier alpha value is -1.97. The van der Waals surface area contributed by atoms with Crippen molar-refractivity contribution in [3.8, 4) is 5.88 Å². The molecular formula is C21H32FN3O5. The molecule has 0 unspecified atom stereocenters. The van der Waals surface area contributed by atoms with Gasteiger partial charge in [-0.1, -0.05) is 13.8 Å². The van der Waals surface area contributed by atoms with Gasteiger partial charge in [-0.25, -0.2) is 9.37 Å². The van der Waals surface area contributed by atoms with Crippen molar-refractivity contribution < 1.29 is 28.1 Å². The number of methoxy groups -OCH3 is 1. The molecule has 9 heteroatoms. The van der Waals surface area contributed by atoms with Crippen LogP contribution < -0.4 is 15.0 Å². The standard InChI is InChI=1S/C21H32FN3O5/c1-4-21(5-2,13-29-14-22)24-19(26)17-6-7-18(25-8-16(9-25)27-3)20(23-17)30-12-15-10-28-11-15/h6-7,15-16H,4-5,8-14H2,1-3H3,(H,24,26). The number of rotatable bonds is 12. The zero-order chi connectivity index (χ0) is 21.6. The third-order valence-corrected chi connectivity index (χ3v) is 5.95. The second kappa shape index (κ2) is 10.4. The molecule has 1 amide bonds. The summed E-state index contributed by atoms with van der Waals surface area (Å²) in [7, 11) is 1.70. The van der Waals surface area contributed by atoms with E-state index in [4.69, 9.17) is 18.9 Å². The van der Waals surface area contributed by atoms with Crippen molar-refractivity contribution >= 4 is 11.6 Å². The van der Waals surface area contributed by atoms with Gasteiger partial charge < -0.3 is 29.2 Å². The first-order valence-corrected chi connectivity index (χ1v) is 10.5. The molecule has 168 valence electrons. The number of alkyl halides is 1.